The highest BCUT2D eigenvalue weighted by Gasteiger charge is 2.33. The number of rotatable bonds is 6. The molecule has 0 saturated carbocycles. The number of halogens is 1. The van der Waals surface area contributed by atoms with Crippen molar-refractivity contribution in [1.82, 2.24) is 4.31 Å². The second kappa shape index (κ2) is 6.63. The third-order valence-electron chi connectivity index (χ3n) is 3.25. The zero-order chi connectivity index (χ0) is 18.0. The summed E-state index contributed by atoms with van der Waals surface area (Å²) in [7, 11) is -1.82. The lowest BCUT2D eigenvalue weighted by atomic mass is 9.94. The van der Waals surface area contributed by atoms with E-state index >= 15 is 0 Å². The number of benzene rings is 1. The van der Waals surface area contributed by atoms with Crippen molar-refractivity contribution in [1.29, 1.82) is 0 Å². The predicted molar refractivity (Wildman–Crippen MR) is 79.0 cm³/mol. The molecule has 0 aromatic heterocycles. The Hall–Kier alpha value is -2.00. The van der Waals surface area contributed by atoms with Crippen LogP contribution in [0.4, 0.5) is 4.39 Å². The standard InChI is InChI=1S/C14H18FNO6S/c1-14(2,13(18)19)8-16(3)23(20,21)9-5-6-10(11(15)7-9)12(17)22-4/h5-7H,8H2,1-4H3,(H,18,19). The summed E-state index contributed by atoms with van der Waals surface area (Å²) in [6.07, 6.45) is 0. The molecule has 0 heterocycles. The number of hydrogen-bond donors (Lipinski definition) is 1. The van der Waals surface area contributed by atoms with Gasteiger partial charge in [-0.25, -0.2) is 17.6 Å². The average molecular weight is 347 g/mol. The Bertz CT molecular complexity index is 729. The Kier molecular flexibility index (Phi) is 5.49. The minimum atomic E-state index is -4.10. The summed E-state index contributed by atoms with van der Waals surface area (Å²) < 4.78 is 43.8. The molecule has 0 fully saturated rings. The smallest absolute Gasteiger partial charge is 0.340 e. The molecule has 23 heavy (non-hydrogen) atoms. The second-order valence-corrected chi connectivity index (χ2v) is 7.63. The first-order valence-corrected chi connectivity index (χ1v) is 7.95. The predicted octanol–water partition coefficient (Wildman–Crippen LogP) is 1.34. The molecule has 0 atom stereocenters. The molecule has 1 N–H and O–H groups in total. The second-order valence-electron chi connectivity index (χ2n) is 5.58. The summed E-state index contributed by atoms with van der Waals surface area (Å²) in [4.78, 5) is 22.0. The number of carboxylic acid groups (broad SMARTS) is 1. The van der Waals surface area contributed by atoms with Crippen LogP contribution in [0.2, 0.25) is 0 Å². The maximum Gasteiger partial charge on any atom is 0.340 e. The van der Waals surface area contributed by atoms with Gasteiger partial charge in [-0.15, -0.1) is 0 Å². The first kappa shape index (κ1) is 19.0. The molecule has 0 unspecified atom stereocenters. The van der Waals surface area contributed by atoms with E-state index in [0.717, 1.165) is 23.5 Å². The molecule has 0 amide bonds. The Labute approximate surface area is 133 Å². The van der Waals surface area contributed by atoms with E-state index in [0.29, 0.717) is 6.07 Å². The first-order valence-electron chi connectivity index (χ1n) is 6.51. The van der Waals surface area contributed by atoms with Gasteiger partial charge < -0.3 is 9.84 Å². The van der Waals surface area contributed by atoms with E-state index in [1.165, 1.54) is 20.9 Å². The lowest BCUT2D eigenvalue weighted by Gasteiger charge is -2.26. The van der Waals surface area contributed by atoms with E-state index in [1.54, 1.807) is 0 Å². The number of carbonyl (C=O) groups is 2. The summed E-state index contributed by atoms with van der Waals surface area (Å²) in [5.41, 5.74) is -1.70. The fourth-order valence-electron chi connectivity index (χ4n) is 1.82. The van der Waals surface area contributed by atoms with E-state index < -0.39 is 33.2 Å². The Morgan fingerprint density at radius 2 is 1.91 bits per heavy atom. The van der Waals surface area contributed by atoms with Crippen molar-refractivity contribution < 1.29 is 32.2 Å². The van der Waals surface area contributed by atoms with E-state index in [4.69, 9.17) is 5.11 Å². The van der Waals surface area contributed by atoms with Crippen LogP contribution >= 0.6 is 0 Å². The molecule has 1 aromatic rings. The zero-order valence-electron chi connectivity index (χ0n) is 13.2. The van der Waals surface area contributed by atoms with Crippen LogP contribution in [0.15, 0.2) is 23.1 Å². The van der Waals surface area contributed by atoms with Crippen molar-refractivity contribution >= 4 is 22.0 Å². The molecule has 1 aromatic carbocycles. The molecule has 0 radical (unpaired) electrons. The van der Waals surface area contributed by atoms with Gasteiger partial charge in [0.05, 0.1) is 23.0 Å². The van der Waals surface area contributed by atoms with Gasteiger partial charge in [0.25, 0.3) is 0 Å². The van der Waals surface area contributed by atoms with Crippen LogP contribution in [0.5, 0.6) is 0 Å². The number of carboxylic acids is 1. The van der Waals surface area contributed by atoms with Crippen molar-refractivity contribution in [2.75, 3.05) is 20.7 Å². The van der Waals surface area contributed by atoms with Crippen molar-refractivity contribution in [2.24, 2.45) is 5.41 Å². The molecule has 0 saturated heterocycles. The highest BCUT2D eigenvalue weighted by atomic mass is 32.2. The van der Waals surface area contributed by atoms with Crippen LogP contribution in [-0.2, 0) is 19.6 Å². The molecule has 0 spiro atoms. The van der Waals surface area contributed by atoms with Crippen LogP contribution in [0, 0.1) is 11.2 Å². The number of esters is 1. The lowest BCUT2D eigenvalue weighted by Crippen LogP contribution is -2.40. The van der Waals surface area contributed by atoms with Gasteiger partial charge in [0, 0.05) is 13.6 Å². The normalized spacial score (nSPS) is 12.3. The minimum Gasteiger partial charge on any atom is -0.481 e. The Balaban J connectivity index is 3.16. The molecule has 0 aliphatic rings. The summed E-state index contributed by atoms with van der Waals surface area (Å²) >= 11 is 0. The van der Waals surface area contributed by atoms with Gasteiger partial charge in [0.15, 0.2) is 0 Å². The van der Waals surface area contributed by atoms with E-state index in [9.17, 15) is 22.4 Å². The van der Waals surface area contributed by atoms with Crippen LogP contribution in [0.25, 0.3) is 0 Å². The maximum absolute atomic E-state index is 13.9. The minimum absolute atomic E-state index is 0.301. The number of hydrogen-bond acceptors (Lipinski definition) is 5. The van der Waals surface area contributed by atoms with Gasteiger partial charge in [0.1, 0.15) is 5.82 Å². The van der Waals surface area contributed by atoms with Crippen molar-refractivity contribution in [3.05, 3.63) is 29.6 Å². The average Bonchev–Trinajstić information content (AvgIpc) is 2.45. The van der Waals surface area contributed by atoms with Crippen LogP contribution in [0.3, 0.4) is 0 Å². The summed E-state index contributed by atoms with van der Waals surface area (Å²) in [5, 5.41) is 9.06. The topological polar surface area (TPSA) is 101 Å². The monoisotopic (exact) mass is 347 g/mol. The number of sulfonamides is 1. The molecule has 0 aliphatic carbocycles. The highest BCUT2D eigenvalue weighted by Crippen LogP contribution is 2.23. The van der Waals surface area contributed by atoms with Gasteiger partial charge >= 0.3 is 11.9 Å². The third-order valence-corrected chi connectivity index (χ3v) is 5.05. The largest absolute Gasteiger partial charge is 0.481 e. The molecule has 9 heteroatoms. The fraction of sp³-hybridized carbons (Fsp3) is 0.429. The Morgan fingerprint density at radius 1 is 1.35 bits per heavy atom. The number of aliphatic carboxylic acids is 1. The van der Waals surface area contributed by atoms with Crippen LogP contribution < -0.4 is 0 Å². The van der Waals surface area contributed by atoms with Gasteiger partial charge in [-0.1, -0.05) is 0 Å². The lowest BCUT2D eigenvalue weighted by molar-refractivity contribution is -0.147. The Morgan fingerprint density at radius 3 is 2.35 bits per heavy atom. The molecule has 0 bridgehead atoms. The van der Waals surface area contributed by atoms with Crippen molar-refractivity contribution in [3.63, 3.8) is 0 Å². The van der Waals surface area contributed by atoms with E-state index in [1.807, 2.05) is 0 Å². The number of carbonyl (C=O) groups excluding carboxylic acids is 1. The zero-order valence-corrected chi connectivity index (χ0v) is 14.0. The quantitative estimate of drug-likeness (QED) is 0.780. The molecule has 1 rings (SSSR count). The van der Waals surface area contributed by atoms with Crippen molar-refractivity contribution in [3.8, 4) is 0 Å². The fourth-order valence-corrected chi connectivity index (χ4v) is 3.17. The summed E-state index contributed by atoms with van der Waals surface area (Å²) in [6, 6.07) is 2.77. The molecular formula is C14H18FNO6S. The SMILES string of the molecule is COC(=O)c1ccc(S(=O)(=O)N(C)CC(C)(C)C(=O)O)cc1F. The van der Waals surface area contributed by atoms with Gasteiger partial charge in [0.2, 0.25) is 10.0 Å². The summed E-state index contributed by atoms with van der Waals surface area (Å²) in [6.45, 7) is 2.45. The van der Waals surface area contributed by atoms with Crippen molar-refractivity contribution in [2.45, 2.75) is 18.7 Å². The van der Waals surface area contributed by atoms with Gasteiger partial charge in [-0.2, -0.15) is 4.31 Å². The molecule has 0 aliphatic heterocycles. The third kappa shape index (κ3) is 4.05. The summed E-state index contributed by atoms with van der Waals surface area (Å²) in [5.74, 6) is -3.12. The maximum atomic E-state index is 13.9. The number of methoxy groups -OCH3 is 1. The highest BCUT2D eigenvalue weighted by molar-refractivity contribution is 7.89. The van der Waals surface area contributed by atoms with E-state index in [-0.39, 0.29) is 17.0 Å². The number of ether oxygens (including phenoxy) is 1. The van der Waals surface area contributed by atoms with E-state index in [2.05, 4.69) is 4.74 Å². The van der Waals surface area contributed by atoms with Gasteiger partial charge in [-0.3, -0.25) is 4.79 Å². The molecule has 7 nitrogen and oxygen atoms in total. The first-order chi connectivity index (χ1) is 10.4. The van der Waals surface area contributed by atoms with Crippen LogP contribution in [-0.4, -0.2) is 50.5 Å². The number of nitrogens with zero attached hydrogens (tertiary/aromatic N) is 1. The molecular weight excluding hydrogens is 329 g/mol. The van der Waals surface area contributed by atoms with Gasteiger partial charge in [-0.05, 0) is 32.0 Å². The molecule has 128 valence electrons. The van der Waals surface area contributed by atoms with Crippen LogP contribution in [0.1, 0.15) is 24.2 Å².